The zero-order valence-electron chi connectivity index (χ0n) is 11.6. The minimum absolute atomic E-state index is 0.0895. The lowest BCUT2D eigenvalue weighted by atomic mass is 9.96. The Morgan fingerprint density at radius 3 is 2.67 bits per heavy atom. The smallest absolute Gasteiger partial charge is 0.270 e. The molecule has 0 spiro atoms. The van der Waals surface area contributed by atoms with Crippen LogP contribution in [0.2, 0.25) is 0 Å². The first-order valence-corrected chi connectivity index (χ1v) is 7.74. The highest BCUT2D eigenvalue weighted by atomic mass is 32.2. The molecule has 1 aliphatic heterocycles. The summed E-state index contributed by atoms with van der Waals surface area (Å²) in [6.07, 6.45) is 3.14. The molecule has 0 N–H and O–H groups in total. The van der Waals surface area contributed by atoms with Crippen LogP contribution in [0.1, 0.15) is 23.2 Å². The number of thioether (sulfide) groups is 1. The summed E-state index contributed by atoms with van der Waals surface area (Å²) in [4.78, 5) is 24.3. The highest BCUT2D eigenvalue weighted by molar-refractivity contribution is 8.00. The van der Waals surface area contributed by atoms with Crippen molar-refractivity contribution < 1.29 is 9.72 Å². The first kappa shape index (κ1) is 15.3. The number of rotatable bonds is 3. The van der Waals surface area contributed by atoms with Gasteiger partial charge in [-0.05, 0) is 25.2 Å². The van der Waals surface area contributed by atoms with Gasteiger partial charge in [0, 0.05) is 30.8 Å². The summed E-state index contributed by atoms with van der Waals surface area (Å²) in [7, 11) is 0. The van der Waals surface area contributed by atoms with Crippen LogP contribution >= 0.6 is 11.8 Å². The number of nitrogens with zero attached hydrogens (tertiary/aromatic N) is 3. The first-order valence-electron chi connectivity index (χ1n) is 6.51. The predicted octanol–water partition coefficient (Wildman–Crippen LogP) is 2.46. The van der Waals surface area contributed by atoms with Crippen molar-refractivity contribution in [3.8, 4) is 6.07 Å². The monoisotopic (exact) mass is 305 g/mol. The number of hydrogen-bond donors (Lipinski definition) is 0. The highest BCUT2D eigenvalue weighted by Gasteiger charge is 2.35. The Labute approximate surface area is 126 Å². The zero-order valence-corrected chi connectivity index (χ0v) is 12.4. The molecule has 0 aliphatic carbocycles. The second-order valence-corrected chi connectivity index (χ2v) is 6.10. The Hall–Kier alpha value is -2.07. The van der Waals surface area contributed by atoms with Gasteiger partial charge < -0.3 is 4.90 Å². The molecule has 6 nitrogen and oxygen atoms in total. The molecule has 1 heterocycles. The van der Waals surface area contributed by atoms with Crippen molar-refractivity contribution in [2.45, 2.75) is 17.6 Å². The van der Waals surface area contributed by atoms with Gasteiger partial charge in [0.1, 0.15) is 4.75 Å². The summed E-state index contributed by atoms with van der Waals surface area (Å²) in [5.74, 6) is -0.216. The van der Waals surface area contributed by atoms with E-state index in [1.54, 1.807) is 11.0 Å². The molecule has 7 heteroatoms. The van der Waals surface area contributed by atoms with E-state index in [-0.39, 0.29) is 11.6 Å². The zero-order chi connectivity index (χ0) is 15.5. The van der Waals surface area contributed by atoms with Crippen LogP contribution in [-0.2, 0) is 0 Å². The van der Waals surface area contributed by atoms with E-state index in [4.69, 9.17) is 0 Å². The van der Waals surface area contributed by atoms with Gasteiger partial charge in [-0.2, -0.15) is 5.26 Å². The average Bonchev–Trinajstić information content (AvgIpc) is 2.54. The lowest BCUT2D eigenvalue weighted by Gasteiger charge is -2.36. The number of nitro benzene ring substituents is 1. The first-order chi connectivity index (χ1) is 10.0. The molecule has 110 valence electrons. The summed E-state index contributed by atoms with van der Waals surface area (Å²) in [6.45, 7) is 0.992. The molecule has 0 unspecified atom stereocenters. The van der Waals surface area contributed by atoms with E-state index in [9.17, 15) is 20.2 Å². The topological polar surface area (TPSA) is 87.2 Å². The van der Waals surface area contributed by atoms with Crippen LogP contribution in [0, 0.1) is 21.4 Å². The lowest BCUT2D eigenvalue weighted by molar-refractivity contribution is -0.384. The van der Waals surface area contributed by atoms with Crippen LogP contribution in [0.5, 0.6) is 0 Å². The lowest BCUT2D eigenvalue weighted by Crippen LogP contribution is -2.44. The van der Waals surface area contributed by atoms with Gasteiger partial charge in [0.15, 0.2) is 0 Å². The average molecular weight is 305 g/mol. The van der Waals surface area contributed by atoms with E-state index in [1.807, 2.05) is 6.26 Å². The van der Waals surface area contributed by atoms with Crippen molar-refractivity contribution in [2.24, 2.45) is 0 Å². The second kappa shape index (κ2) is 6.14. The van der Waals surface area contributed by atoms with Crippen molar-refractivity contribution in [3.63, 3.8) is 0 Å². The summed E-state index contributed by atoms with van der Waals surface area (Å²) in [6, 6.07) is 8.07. The fourth-order valence-electron chi connectivity index (χ4n) is 2.37. The molecular formula is C14H15N3O3S. The second-order valence-electron chi connectivity index (χ2n) is 4.91. The molecule has 0 aromatic heterocycles. The molecule has 0 radical (unpaired) electrons. The van der Waals surface area contributed by atoms with Gasteiger partial charge in [-0.1, -0.05) is 6.07 Å². The number of piperidine rings is 1. The molecule has 1 saturated heterocycles. The van der Waals surface area contributed by atoms with Crippen LogP contribution in [0.15, 0.2) is 24.3 Å². The number of amides is 1. The number of hydrogen-bond acceptors (Lipinski definition) is 5. The van der Waals surface area contributed by atoms with Gasteiger partial charge in [-0.15, -0.1) is 11.8 Å². The Morgan fingerprint density at radius 2 is 2.14 bits per heavy atom. The van der Waals surface area contributed by atoms with Crippen molar-refractivity contribution >= 4 is 23.4 Å². The van der Waals surface area contributed by atoms with Crippen LogP contribution < -0.4 is 0 Å². The maximum Gasteiger partial charge on any atom is 0.270 e. The van der Waals surface area contributed by atoms with Crippen molar-refractivity contribution in [1.82, 2.24) is 4.90 Å². The number of nitriles is 1. The van der Waals surface area contributed by atoms with Crippen molar-refractivity contribution in [1.29, 1.82) is 5.26 Å². The van der Waals surface area contributed by atoms with Crippen LogP contribution in [0.4, 0.5) is 5.69 Å². The maximum atomic E-state index is 12.4. The summed E-state index contributed by atoms with van der Waals surface area (Å²) in [5.41, 5.74) is 0.228. The third-order valence-corrected chi connectivity index (χ3v) is 5.04. The Morgan fingerprint density at radius 1 is 1.48 bits per heavy atom. The molecule has 0 atom stereocenters. The van der Waals surface area contributed by atoms with E-state index in [0.717, 1.165) is 0 Å². The normalized spacial score (nSPS) is 17.0. The summed E-state index contributed by atoms with van der Waals surface area (Å²) in [5, 5.41) is 20.0. The van der Waals surface area contributed by atoms with Crippen LogP contribution in [-0.4, -0.2) is 39.8 Å². The fraction of sp³-hybridized carbons (Fsp3) is 0.429. The molecule has 2 rings (SSSR count). The third kappa shape index (κ3) is 3.16. The van der Waals surface area contributed by atoms with Gasteiger partial charge in [0.2, 0.25) is 0 Å². The Kier molecular flexibility index (Phi) is 4.48. The number of carbonyl (C=O) groups excluding carboxylic acids is 1. The molecule has 1 aromatic carbocycles. The van der Waals surface area contributed by atoms with Gasteiger partial charge in [0.05, 0.1) is 11.0 Å². The molecule has 1 fully saturated rings. The molecule has 1 aliphatic rings. The van der Waals surface area contributed by atoms with E-state index in [2.05, 4.69) is 6.07 Å². The van der Waals surface area contributed by atoms with Crippen LogP contribution in [0.3, 0.4) is 0 Å². The maximum absolute atomic E-state index is 12.4. The number of carbonyl (C=O) groups is 1. The molecule has 1 amide bonds. The SMILES string of the molecule is CSC1(C#N)CCN(C(=O)c2cccc([N+](=O)[O-])c2)CC1. The highest BCUT2D eigenvalue weighted by Crippen LogP contribution is 2.34. The van der Waals surface area contributed by atoms with E-state index < -0.39 is 9.67 Å². The Balaban J connectivity index is 2.11. The summed E-state index contributed by atoms with van der Waals surface area (Å²) < 4.78 is -0.417. The molecule has 0 saturated carbocycles. The van der Waals surface area contributed by atoms with Gasteiger partial charge >= 0.3 is 0 Å². The molecule has 21 heavy (non-hydrogen) atoms. The minimum atomic E-state index is -0.512. The van der Waals surface area contributed by atoms with Crippen molar-refractivity contribution in [3.05, 3.63) is 39.9 Å². The number of likely N-dealkylation sites (tertiary alicyclic amines) is 1. The Bertz CT molecular complexity index is 604. The molecule has 0 bridgehead atoms. The number of nitro groups is 1. The van der Waals surface area contributed by atoms with E-state index in [0.29, 0.717) is 31.5 Å². The number of non-ortho nitro benzene ring substituents is 1. The fourth-order valence-corrected chi connectivity index (χ4v) is 3.05. The van der Waals surface area contributed by atoms with E-state index >= 15 is 0 Å². The van der Waals surface area contributed by atoms with Gasteiger partial charge in [-0.3, -0.25) is 14.9 Å². The van der Waals surface area contributed by atoms with Gasteiger partial charge in [-0.25, -0.2) is 0 Å². The van der Waals surface area contributed by atoms with Crippen molar-refractivity contribution in [2.75, 3.05) is 19.3 Å². The minimum Gasteiger partial charge on any atom is -0.338 e. The predicted molar refractivity (Wildman–Crippen MR) is 80.1 cm³/mol. The largest absolute Gasteiger partial charge is 0.338 e. The third-order valence-electron chi connectivity index (χ3n) is 3.76. The van der Waals surface area contributed by atoms with Gasteiger partial charge in [0.25, 0.3) is 11.6 Å². The van der Waals surface area contributed by atoms with Crippen LogP contribution in [0.25, 0.3) is 0 Å². The summed E-state index contributed by atoms with van der Waals surface area (Å²) >= 11 is 1.52. The number of benzene rings is 1. The quantitative estimate of drug-likeness (QED) is 0.632. The molecular weight excluding hydrogens is 290 g/mol. The standard InChI is InChI=1S/C14H15N3O3S/c1-21-14(10-15)5-7-16(8-6-14)13(18)11-3-2-4-12(9-11)17(19)20/h2-4,9H,5-8H2,1H3. The molecule has 1 aromatic rings. The van der Waals surface area contributed by atoms with E-state index in [1.165, 1.54) is 30.0 Å².